The van der Waals surface area contributed by atoms with E-state index in [2.05, 4.69) is 4.98 Å². The number of rotatable bonds is 1. The molecule has 1 aliphatic carbocycles. The minimum Gasteiger partial charge on any atom is -0.385 e. The number of pyridine rings is 1. The quantitative estimate of drug-likeness (QED) is 0.775. The fraction of sp³-hybridized carbons (Fsp3) is 0.545. The van der Waals surface area contributed by atoms with Gasteiger partial charge in [0.25, 0.3) is 0 Å². The van der Waals surface area contributed by atoms with Crippen LogP contribution in [0.25, 0.3) is 0 Å². The molecule has 0 radical (unpaired) electrons. The lowest BCUT2D eigenvalue weighted by Crippen LogP contribution is -2.28. The number of aliphatic hydroxyl groups is 1. The topological polar surface area (TPSA) is 33.1 Å². The molecule has 1 heterocycles. The molecular formula is C11H14ClNO. The van der Waals surface area contributed by atoms with Crippen molar-refractivity contribution >= 4 is 11.6 Å². The molecule has 1 aromatic heterocycles. The van der Waals surface area contributed by atoms with Gasteiger partial charge in [-0.3, -0.25) is 4.98 Å². The smallest absolute Gasteiger partial charge is 0.0912 e. The monoisotopic (exact) mass is 211 g/mol. The molecule has 0 amide bonds. The molecule has 0 unspecified atom stereocenters. The molecule has 1 N–H and O–H groups in total. The standard InChI is InChI=1S/C11H14ClNO/c12-10-8-13-7-4-9(10)11(14)5-2-1-3-6-11/h4,7-8,14H,1-3,5-6H2. The van der Waals surface area contributed by atoms with E-state index in [4.69, 9.17) is 11.6 Å². The second-order valence-electron chi connectivity index (χ2n) is 3.95. The summed E-state index contributed by atoms with van der Waals surface area (Å²) < 4.78 is 0. The predicted octanol–water partition coefficient (Wildman–Crippen LogP) is 2.89. The van der Waals surface area contributed by atoms with Crippen molar-refractivity contribution in [1.29, 1.82) is 0 Å². The van der Waals surface area contributed by atoms with Gasteiger partial charge in [-0.2, -0.15) is 0 Å². The number of nitrogens with zero attached hydrogens (tertiary/aromatic N) is 1. The van der Waals surface area contributed by atoms with Crippen LogP contribution < -0.4 is 0 Å². The summed E-state index contributed by atoms with van der Waals surface area (Å²) in [5.74, 6) is 0. The molecule has 0 aromatic carbocycles. The highest BCUT2D eigenvalue weighted by Crippen LogP contribution is 2.39. The normalized spacial score (nSPS) is 20.7. The molecule has 1 aliphatic rings. The summed E-state index contributed by atoms with van der Waals surface area (Å²) in [6.07, 6.45) is 8.29. The Bertz CT molecular complexity index is 321. The lowest BCUT2D eigenvalue weighted by molar-refractivity contribution is -0.000596. The zero-order valence-corrected chi connectivity index (χ0v) is 8.80. The third-order valence-corrected chi connectivity index (χ3v) is 3.26. The van der Waals surface area contributed by atoms with Gasteiger partial charge in [0.1, 0.15) is 0 Å². The summed E-state index contributed by atoms with van der Waals surface area (Å²) in [5, 5.41) is 11.0. The van der Waals surface area contributed by atoms with Crippen molar-refractivity contribution in [3.05, 3.63) is 29.0 Å². The van der Waals surface area contributed by atoms with Gasteiger partial charge < -0.3 is 5.11 Å². The van der Waals surface area contributed by atoms with Crippen LogP contribution in [0.1, 0.15) is 37.7 Å². The Hall–Kier alpha value is -0.600. The summed E-state index contributed by atoms with van der Waals surface area (Å²) in [5.41, 5.74) is 0.131. The molecule has 3 heteroatoms. The highest BCUT2D eigenvalue weighted by atomic mass is 35.5. The van der Waals surface area contributed by atoms with Crippen molar-refractivity contribution in [3.8, 4) is 0 Å². The van der Waals surface area contributed by atoms with E-state index in [1.165, 1.54) is 6.42 Å². The van der Waals surface area contributed by atoms with Gasteiger partial charge in [0, 0.05) is 18.0 Å². The van der Waals surface area contributed by atoms with Crippen LogP contribution in [0.3, 0.4) is 0 Å². The van der Waals surface area contributed by atoms with Crippen molar-refractivity contribution < 1.29 is 5.11 Å². The fourth-order valence-electron chi connectivity index (χ4n) is 2.16. The first-order valence-corrected chi connectivity index (χ1v) is 5.42. The molecule has 14 heavy (non-hydrogen) atoms. The first-order valence-electron chi connectivity index (χ1n) is 5.05. The fourth-order valence-corrected chi connectivity index (χ4v) is 2.45. The number of halogens is 1. The largest absolute Gasteiger partial charge is 0.385 e. The van der Waals surface area contributed by atoms with Crippen LogP contribution in [0.15, 0.2) is 18.5 Å². The zero-order chi connectivity index (χ0) is 10.0. The van der Waals surface area contributed by atoms with Crippen molar-refractivity contribution in [2.24, 2.45) is 0 Å². The molecule has 1 aromatic rings. The number of aromatic nitrogens is 1. The average Bonchev–Trinajstić information content (AvgIpc) is 2.19. The number of hydrogen-bond acceptors (Lipinski definition) is 2. The van der Waals surface area contributed by atoms with E-state index in [0.717, 1.165) is 31.2 Å². The molecule has 1 fully saturated rings. The Kier molecular flexibility index (Phi) is 2.75. The molecule has 2 rings (SSSR count). The Morgan fingerprint density at radius 1 is 1.29 bits per heavy atom. The first kappa shape index (κ1) is 9.94. The van der Waals surface area contributed by atoms with Gasteiger partial charge in [0.05, 0.1) is 10.6 Å². The maximum Gasteiger partial charge on any atom is 0.0912 e. The Morgan fingerprint density at radius 3 is 2.64 bits per heavy atom. The van der Waals surface area contributed by atoms with Gasteiger partial charge in [-0.1, -0.05) is 30.9 Å². The number of hydrogen-bond donors (Lipinski definition) is 1. The lowest BCUT2D eigenvalue weighted by atomic mass is 9.80. The Balaban J connectivity index is 2.32. The highest BCUT2D eigenvalue weighted by Gasteiger charge is 2.32. The summed E-state index contributed by atoms with van der Waals surface area (Å²) >= 11 is 6.02. The lowest BCUT2D eigenvalue weighted by Gasteiger charge is -2.32. The van der Waals surface area contributed by atoms with Crippen LogP contribution in [0, 0.1) is 0 Å². The van der Waals surface area contributed by atoms with Gasteiger partial charge in [-0.05, 0) is 18.9 Å². The Morgan fingerprint density at radius 2 is 2.00 bits per heavy atom. The molecule has 0 aliphatic heterocycles. The average molecular weight is 212 g/mol. The van der Waals surface area contributed by atoms with E-state index in [0.29, 0.717) is 5.02 Å². The minimum atomic E-state index is -0.710. The zero-order valence-electron chi connectivity index (χ0n) is 8.04. The van der Waals surface area contributed by atoms with E-state index in [1.807, 2.05) is 6.07 Å². The van der Waals surface area contributed by atoms with E-state index < -0.39 is 5.60 Å². The van der Waals surface area contributed by atoms with Gasteiger partial charge in [0.2, 0.25) is 0 Å². The van der Waals surface area contributed by atoms with Crippen LogP contribution in [-0.2, 0) is 5.60 Å². The summed E-state index contributed by atoms with van der Waals surface area (Å²) in [6, 6.07) is 1.83. The predicted molar refractivity (Wildman–Crippen MR) is 56.2 cm³/mol. The molecule has 76 valence electrons. The maximum atomic E-state index is 10.4. The SMILES string of the molecule is OC1(c2ccncc2Cl)CCCCC1. The van der Waals surface area contributed by atoms with E-state index in [-0.39, 0.29) is 0 Å². The van der Waals surface area contributed by atoms with Gasteiger partial charge in [-0.25, -0.2) is 0 Å². The molecular weight excluding hydrogens is 198 g/mol. The van der Waals surface area contributed by atoms with E-state index in [1.54, 1.807) is 12.4 Å². The van der Waals surface area contributed by atoms with Crippen molar-refractivity contribution in [1.82, 2.24) is 4.98 Å². The van der Waals surface area contributed by atoms with Crippen molar-refractivity contribution in [3.63, 3.8) is 0 Å². The summed E-state index contributed by atoms with van der Waals surface area (Å²) in [6.45, 7) is 0. The van der Waals surface area contributed by atoms with Crippen LogP contribution in [-0.4, -0.2) is 10.1 Å². The third-order valence-electron chi connectivity index (χ3n) is 2.95. The molecule has 2 nitrogen and oxygen atoms in total. The van der Waals surface area contributed by atoms with E-state index in [9.17, 15) is 5.11 Å². The van der Waals surface area contributed by atoms with Crippen molar-refractivity contribution in [2.45, 2.75) is 37.7 Å². The first-order chi connectivity index (χ1) is 6.72. The van der Waals surface area contributed by atoms with Crippen LogP contribution in [0.2, 0.25) is 5.02 Å². The van der Waals surface area contributed by atoms with E-state index >= 15 is 0 Å². The van der Waals surface area contributed by atoms with Gasteiger partial charge in [0.15, 0.2) is 0 Å². The second-order valence-corrected chi connectivity index (χ2v) is 4.35. The van der Waals surface area contributed by atoms with Gasteiger partial charge in [-0.15, -0.1) is 0 Å². The summed E-state index contributed by atoms with van der Waals surface area (Å²) in [7, 11) is 0. The maximum absolute atomic E-state index is 10.4. The molecule has 0 spiro atoms. The van der Waals surface area contributed by atoms with Crippen LogP contribution in [0.4, 0.5) is 0 Å². The van der Waals surface area contributed by atoms with Crippen LogP contribution in [0.5, 0.6) is 0 Å². The third kappa shape index (κ3) is 1.77. The molecule has 1 saturated carbocycles. The molecule has 0 bridgehead atoms. The molecule has 0 atom stereocenters. The minimum absolute atomic E-state index is 0.580. The Labute approximate surface area is 88.9 Å². The molecule has 0 saturated heterocycles. The second kappa shape index (κ2) is 3.87. The summed E-state index contributed by atoms with van der Waals surface area (Å²) in [4.78, 5) is 3.93. The van der Waals surface area contributed by atoms with Crippen LogP contribution >= 0.6 is 11.6 Å². The van der Waals surface area contributed by atoms with Crippen molar-refractivity contribution in [2.75, 3.05) is 0 Å². The van der Waals surface area contributed by atoms with Gasteiger partial charge >= 0.3 is 0 Å². The highest BCUT2D eigenvalue weighted by molar-refractivity contribution is 6.31.